The van der Waals surface area contributed by atoms with Crippen molar-refractivity contribution < 1.29 is 5.11 Å². The summed E-state index contributed by atoms with van der Waals surface area (Å²) in [5.74, 6) is 0. The van der Waals surface area contributed by atoms with Gasteiger partial charge < -0.3 is 11.3 Å². The van der Waals surface area contributed by atoms with Gasteiger partial charge in [-0.2, -0.15) is 0 Å². The van der Waals surface area contributed by atoms with Crippen LogP contribution in [-0.4, -0.2) is 11.7 Å². The maximum atomic E-state index is 7.57. The highest BCUT2D eigenvalue weighted by atomic mass is 16.2. The Balaban J connectivity index is -0.0000000275. The Morgan fingerprint density at radius 2 is 1.33 bits per heavy atom. The number of hydrogen-bond acceptors (Lipinski definition) is 2. The summed E-state index contributed by atoms with van der Waals surface area (Å²) >= 11 is 0. The molecule has 0 aromatic heterocycles. The lowest BCUT2D eigenvalue weighted by Gasteiger charge is -1.52. The highest BCUT2D eigenvalue weighted by molar-refractivity contribution is 3.84. The molecule has 0 rings (SSSR count). The van der Waals surface area contributed by atoms with Gasteiger partial charge in [0.15, 0.2) is 0 Å². The SMILES string of the molecule is CC.CCO.N. The van der Waals surface area contributed by atoms with E-state index in [-0.39, 0.29) is 12.8 Å². The van der Waals surface area contributed by atoms with E-state index in [1.165, 1.54) is 0 Å². The first kappa shape index (κ1) is 16.8. The van der Waals surface area contributed by atoms with Gasteiger partial charge in [-0.15, -0.1) is 0 Å². The van der Waals surface area contributed by atoms with E-state index >= 15 is 0 Å². The fourth-order valence-electron chi connectivity index (χ4n) is 0. The van der Waals surface area contributed by atoms with Gasteiger partial charge in [-0.25, -0.2) is 0 Å². The summed E-state index contributed by atoms with van der Waals surface area (Å²) in [4.78, 5) is 0. The van der Waals surface area contributed by atoms with Gasteiger partial charge in [-0.3, -0.25) is 0 Å². The normalized spacial score (nSPS) is 4.00. The molecule has 0 saturated carbocycles. The molecule has 0 spiro atoms. The van der Waals surface area contributed by atoms with Crippen LogP contribution in [0.4, 0.5) is 0 Å². The Hall–Kier alpha value is -0.0800. The molecule has 0 bridgehead atoms. The van der Waals surface area contributed by atoms with Crippen LogP contribution in [0.5, 0.6) is 0 Å². The molecule has 0 aliphatic heterocycles. The summed E-state index contributed by atoms with van der Waals surface area (Å²) < 4.78 is 0. The predicted molar refractivity (Wildman–Crippen MR) is 29.1 cm³/mol. The topological polar surface area (TPSA) is 55.2 Å². The molecule has 0 atom stereocenters. The molecule has 2 heteroatoms. The van der Waals surface area contributed by atoms with E-state index in [2.05, 4.69) is 0 Å². The molecule has 0 aliphatic rings. The van der Waals surface area contributed by atoms with E-state index < -0.39 is 0 Å². The van der Waals surface area contributed by atoms with Crippen LogP contribution in [0.1, 0.15) is 20.8 Å². The summed E-state index contributed by atoms with van der Waals surface area (Å²) in [6.45, 7) is 5.93. The van der Waals surface area contributed by atoms with Crippen molar-refractivity contribution in [2.75, 3.05) is 6.61 Å². The van der Waals surface area contributed by atoms with Gasteiger partial charge in [0.05, 0.1) is 0 Å². The molecule has 0 saturated heterocycles. The smallest absolute Gasteiger partial charge is 0.0402 e. The zero-order valence-electron chi connectivity index (χ0n) is 4.86. The van der Waals surface area contributed by atoms with Crippen LogP contribution in [0, 0.1) is 0 Å². The van der Waals surface area contributed by atoms with Gasteiger partial charge in [0.2, 0.25) is 0 Å². The van der Waals surface area contributed by atoms with Gasteiger partial charge in [0.25, 0.3) is 0 Å². The Morgan fingerprint density at radius 1 is 1.33 bits per heavy atom. The lowest BCUT2D eigenvalue weighted by atomic mass is 10.9. The second-order valence-electron chi connectivity index (χ2n) is 0.316. The molecule has 2 nitrogen and oxygen atoms in total. The fourth-order valence-corrected chi connectivity index (χ4v) is 0. The summed E-state index contributed by atoms with van der Waals surface area (Å²) in [6, 6.07) is 0. The monoisotopic (exact) mass is 93.1 g/mol. The average molecular weight is 93.2 g/mol. The lowest BCUT2D eigenvalue weighted by molar-refractivity contribution is 0.318. The van der Waals surface area contributed by atoms with Crippen molar-refractivity contribution in [1.29, 1.82) is 0 Å². The molecule has 0 aliphatic carbocycles. The van der Waals surface area contributed by atoms with Crippen LogP contribution < -0.4 is 6.15 Å². The van der Waals surface area contributed by atoms with E-state index in [9.17, 15) is 0 Å². The van der Waals surface area contributed by atoms with E-state index in [4.69, 9.17) is 5.11 Å². The van der Waals surface area contributed by atoms with Crippen molar-refractivity contribution in [2.45, 2.75) is 20.8 Å². The number of rotatable bonds is 0. The summed E-state index contributed by atoms with van der Waals surface area (Å²) in [7, 11) is 0. The van der Waals surface area contributed by atoms with Crippen molar-refractivity contribution in [3.8, 4) is 0 Å². The Kier molecular flexibility index (Phi) is 250. The zero-order chi connectivity index (χ0) is 4.71. The van der Waals surface area contributed by atoms with E-state index in [0.29, 0.717) is 0 Å². The van der Waals surface area contributed by atoms with Crippen LogP contribution in [0.15, 0.2) is 0 Å². The summed E-state index contributed by atoms with van der Waals surface area (Å²) in [6.07, 6.45) is 0. The van der Waals surface area contributed by atoms with Crippen LogP contribution in [-0.2, 0) is 0 Å². The number of aliphatic hydroxyl groups is 1. The van der Waals surface area contributed by atoms with Gasteiger partial charge in [-0.05, 0) is 6.92 Å². The molecule has 0 aromatic rings. The minimum absolute atomic E-state index is 0. The van der Waals surface area contributed by atoms with E-state index in [1.807, 2.05) is 13.8 Å². The van der Waals surface area contributed by atoms with Crippen molar-refractivity contribution in [3.05, 3.63) is 0 Å². The average Bonchev–Trinajstić information content (AvgIpc) is 1.46. The molecule has 0 heterocycles. The van der Waals surface area contributed by atoms with E-state index in [1.54, 1.807) is 6.92 Å². The fraction of sp³-hybridized carbons (Fsp3) is 1.00. The van der Waals surface area contributed by atoms with Crippen LogP contribution in [0.2, 0.25) is 0 Å². The summed E-state index contributed by atoms with van der Waals surface area (Å²) in [5.41, 5.74) is 0. The van der Waals surface area contributed by atoms with E-state index in [0.717, 1.165) is 0 Å². The molecular formula is C4H15NO. The molecule has 4 N–H and O–H groups in total. The van der Waals surface area contributed by atoms with Gasteiger partial charge in [-0.1, -0.05) is 13.8 Å². The molecule has 0 fully saturated rings. The molecule has 0 aromatic carbocycles. The Labute approximate surface area is 39.8 Å². The highest BCUT2D eigenvalue weighted by Gasteiger charge is 1.34. The number of aliphatic hydroxyl groups excluding tert-OH is 1. The van der Waals surface area contributed by atoms with Crippen molar-refractivity contribution in [2.24, 2.45) is 0 Å². The second-order valence-corrected chi connectivity index (χ2v) is 0.316. The quantitative estimate of drug-likeness (QED) is 0.472. The standard InChI is InChI=1S/C2H6O.C2H6.H3N/c1-2-3;1-2;/h3H,2H2,1H3;1-2H3;1H3. The third kappa shape index (κ3) is 5220. The third-order valence-electron chi connectivity index (χ3n) is 0. The Bertz CT molecular complexity index is 7.51. The minimum Gasteiger partial charge on any atom is -0.397 e. The maximum Gasteiger partial charge on any atom is 0.0402 e. The van der Waals surface area contributed by atoms with Gasteiger partial charge in [0, 0.05) is 6.61 Å². The van der Waals surface area contributed by atoms with Crippen molar-refractivity contribution in [3.63, 3.8) is 0 Å². The maximum absolute atomic E-state index is 7.57. The first-order valence-electron chi connectivity index (χ1n) is 2.02. The first-order valence-corrected chi connectivity index (χ1v) is 2.02. The summed E-state index contributed by atoms with van der Waals surface area (Å²) in [5, 5.41) is 7.57. The molecule has 6 heavy (non-hydrogen) atoms. The second kappa shape index (κ2) is 89.3. The predicted octanol–water partition coefficient (Wildman–Crippen LogP) is 1.19. The van der Waals surface area contributed by atoms with Gasteiger partial charge >= 0.3 is 0 Å². The molecule has 0 amide bonds. The van der Waals surface area contributed by atoms with Crippen LogP contribution in [0.3, 0.4) is 0 Å². The molecular weight excluding hydrogens is 78.0 g/mol. The molecule has 0 radical (unpaired) electrons. The zero-order valence-corrected chi connectivity index (χ0v) is 4.86. The van der Waals surface area contributed by atoms with Crippen LogP contribution in [0.25, 0.3) is 0 Å². The lowest BCUT2D eigenvalue weighted by Crippen LogP contribution is -1.57. The van der Waals surface area contributed by atoms with Crippen molar-refractivity contribution in [1.82, 2.24) is 6.15 Å². The molecule has 0 unspecified atom stereocenters. The third-order valence-corrected chi connectivity index (χ3v) is 0. The van der Waals surface area contributed by atoms with Gasteiger partial charge in [0.1, 0.15) is 0 Å². The Morgan fingerprint density at radius 3 is 1.33 bits per heavy atom. The largest absolute Gasteiger partial charge is 0.397 e. The minimum atomic E-state index is 0. The highest BCUT2D eigenvalue weighted by Crippen LogP contribution is 1.30. The van der Waals surface area contributed by atoms with Crippen molar-refractivity contribution >= 4 is 0 Å². The first-order chi connectivity index (χ1) is 2.41. The molecule has 42 valence electrons. The number of hydrogen-bond donors (Lipinski definition) is 2. The van der Waals surface area contributed by atoms with Crippen LogP contribution >= 0.6 is 0 Å².